The molecule has 0 aliphatic heterocycles. The number of halogens is 1. The molecule has 0 amide bonds. The molecule has 0 fully saturated rings. The second-order valence-corrected chi connectivity index (χ2v) is 8.57. The molecule has 0 unspecified atom stereocenters. The minimum absolute atomic E-state index is 0.0163. The molecule has 36 heavy (non-hydrogen) atoms. The summed E-state index contributed by atoms with van der Waals surface area (Å²) in [5.41, 5.74) is 2.92. The molecule has 2 aromatic heterocycles. The number of nitrogens with zero attached hydrogens (tertiary/aromatic N) is 2. The van der Waals surface area contributed by atoms with Crippen LogP contribution in [0.25, 0.3) is 16.7 Å². The summed E-state index contributed by atoms with van der Waals surface area (Å²) in [6.45, 7) is 0.390. The van der Waals surface area contributed by atoms with E-state index in [-0.39, 0.29) is 16.8 Å². The Bertz CT molecular complexity index is 1630. The van der Waals surface area contributed by atoms with E-state index in [9.17, 15) is 14.4 Å². The van der Waals surface area contributed by atoms with E-state index in [0.717, 1.165) is 11.1 Å². The summed E-state index contributed by atoms with van der Waals surface area (Å²) >= 11 is 6.03. The van der Waals surface area contributed by atoms with Gasteiger partial charge in [-0.25, -0.2) is 9.59 Å². The van der Waals surface area contributed by atoms with E-state index in [1.54, 1.807) is 28.7 Å². The number of methoxy groups -OCH3 is 2. The molecular formula is C28H21ClN2O5. The Labute approximate surface area is 211 Å². The fourth-order valence-corrected chi connectivity index (χ4v) is 4.65. The molecule has 3 aromatic carbocycles. The Balaban J connectivity index is 1.94. The number of aromatic nitrogens is 2. The van der Waals surface area contributed by atoms with Gasteiger partial charge >= 0.3 is 11.9 Å². The van der Waals surface area contributed by atoms with E-state index < -0.39 is 17.7 Å². The highest BCUT2D eigenvalue weighted by Crippen LogP contribution is 2.34. The van der Waals surface area contributed by atoms with E-state index >= 15 is 0 Å². The zero-order valence-electron chi connectivity index (χ0n) is 19.5. The molecule has 5 rings (SSSR count). The van der Waals surface area contributed by atoms with Crippen LogP contribution in [0.15, 0.2) is 78.9 Å². The van der Waals surface area contributed by atoms with Gasteiger partial charge in [0.05, 0.1) is 25.3 Å². The average molecular weight is 501 g/mol. The fourth-order valence-electron chi connectivity index (χ4n) is 4.52. The number of imidazole rings is 1. The Morgan fingerprint density at radius 2 is 1.33 bits per heavy atom. The van der Waals surface area contributed by atoms with Crippen molar-refractivity contribution in [3.05, 3.63) is 112 Å². The third-order valence-electron chi connectivity index (χ3n) is 6.10. The molecule has 0 N–H and O–H groups in total. The molecule has 0 saturated carbocycles. The van der Waals surface area contributed by atoms with Gasteiger partial charge in [-0.15, -0.1) is 0 Å². The summed E-state index contributed by atoms with van der Waals surface area (Å²) in [5, 5.41) is 0.467. The van der Waals surface area contributed by atoms with Gasteiger partial charge in [0.1, 0.15) is 22.5 Å². The minimum Gasteiger partial charge on any atom is -0.465 e. The summed E-state index contributed by atoms with van der Waals surface area (Å²) in [5.74, 6) is -2.02. The predicted octanol–water partition coefficient (Wildman–Crippen LogP) is 5.40. The molecule has 0 aliphatic rings. The predicted molar refractivity (Wildman–Crippen MR) is 136 cm³/mol. The Morgan fingerprint density at radius 1 is 0.750 bits per heavy atom. The zero-order chi connectivity index (χ0) is 25.4. The van der Waals surface area contributed by atoms with Crippen LogP contribution in [0.3, 0.4) is 0 Å². The van der Waals surface area contributed by atoms with Crippen molar-refractivity contribution < 1.29 is 23.9 Å². The molecular weight excluding hydrogens is 480 g/mol. The lowest BCUT2D eigenvalue weighted by atomic mass is 10.0. The number of hydrogen-bond acceptors (Lipinski definition) is 5. The highest BCUT2D eigenvalue weighted by Gasteiger charge is 2.36. The monoisotopic (exact) mass is 500 g/mol. The summed E-state index contributed by atoms with van der Waals surface area (Å²) in [6.07, 6.45) is 0. The lowest BCUT2D eigenvalue weighted by Crippen LogP contribution is -2.16. The van der Waals surface area contributed by atoms with Crippen LogP contribution < -0.4 is 0 Å². The zero-order valence-corrected chi connectivity index (χ0v) is 20.3. The summed E-state index contributed by atoms with van der Waals surface area (Å²) in [6, 6.07) is 23.5. The first kappa shape index (κ1) is 23.4. The quantitative estimate of drug-likeness (QED) is 0.230. The smallest absolute Gasteiger partial charge is 0.342 e. The third-order valence-corrected chi connectivity index (χ3v) is 6.35. The van der Waals surface area contributed by atoms with E-state index in [2.05, 4.69) is 0 Å². The molecule has 0 spiro atoms. The summed E-state index contributed by atoms with van der Waals surface area (Å²) in [4.78, 5) is 40.2. The van der Waals surface area contributed by atoms with Crippen LogP contribution in [0.1, 0.15) is 42.3 Å². The van der Waals surface area contributed by atoms with Crippen molar-refractivity contribution in [2.24, 2.45) is 0 Å². The van der Waals surface area contributed by atoms with E-state index in [0.29, 0.717) is 28.3 Å². The van der Waals surface area contributed by atoms with Crippen molar-refractivity contribution in [1.82, 2.24) is 8.97 Å². The van der Waals surface area contributed by atoms with Gasteiger partial charge in [0.2, 0.25) is 5.78 Å². The number of fused-ring (bicyclic) bond motifs is 3. The first-order chi connectivity index (χ1) is 17.5. The first-order valence-electron chi connectivity index (χ1n) is 11.1. The Kier molecular flexibility index (Phi) is 6.08. The number of para-hydroxylation sites is 2. The Hall–Kier alpha value is -4.36. The minimum atomic E-state index is -0.813. The van der Waals surface area contributed by atoms with Crippen molar-refractivity contribution in [2.75, 3.05) is 14.2 Å². The van der Waals surface area contributed by atoms with Crippen LogP contribution in [0.4, 0.5) is 0 Å². The van der Waals surface area contributed by atoms with Gasteiger partial charge in [0, 0.05) is 17.1 Å². The second kappa shape index (κ2) is 9.36. The number of carbonyl (C=O) groups excluding carboxylic acids is 3. The van der Waals surface area contributed by atoms with Gasteiger partial charge in [-0.2, -0.15) is 0 Å². The normalized spacial score (nSPS) is 11.1. The number of carbonyl (C=O) groups is 3. The second-order valence-electron chi connectivity index (χ2n) is 8.14. The van der Waals surface area contributed by atoms with Crippen molar-refractivity contribution in [1.29, 1.82) is 0 Å². The van der Waals surface area contributed by atoms with Crippen molar-refractivity contribution in [3.63, 3.8) is 0 Å². The number of rotatable bonds is 6. The molecule has 0 aliphatic carbocycles. The number of hydrogen-bond donors (Lipinski definition) is 0. The van der Waals surface area contributed by atoms with E-state index in [4.69, 9.17) is 21.1 Å². The van der Waals surface area contributed by atoms with Gasteiger partial charge in [0.25, 0.3) is 0 Å². The molecule has 8 heteroatoms. The number of esters is 2. The van der Waals surface area contributed by atoms with Crippen LogP contribution in [-0.2, 0) is 16.0 Å². The molecule has 0 atom stereocenters. The largest absolute Gasteiger partial charge is 0.465 e. The van der Waals surface area contributed by atoms with Crippen molar-refractivity contribution in [3.8, 4) is 0 Å². The number of ketones is 1. The van der Waals surface area contributed by atoms with E-state index in [1.165, 1.54) is 14.2 Å². The van der Waals surface area contributed by atoms with Crippen molar-refractivity contribution >= 4 is 46.0 Å². The van der Waals surface area contributed by atoms with Crippen LogP contribution in [0.5, 0.6) is 0 Å². The van der Waals surface area contributed by atoms with Crippen LogP contribution >= 0.6 is 11.6 Å². The Morgan fingerprint density at radius 3 is 1.97 bits per heavy atom. The maximum absolute atomic E-state index is 13.9. The van der Waals surface area contributed by atoms with Gasteiger partial charge in [-0.05, 0) is 42.0 Å². The maximum Gasteiger partial charge on any atom is 0.342 e. The molecule has 0 radical (unpaired) electrons. The molecule has 2 heterocycles. The van der Waals surface area contributed by atoms with Gasteiger partial charge in [-0.3, -0.25) is 9.20 Å². The lowest BCUT2D eigenvalue weighted by molar-refractivity contribution is 0.0556. The van der Waals surface area contributed by atoms with Gasteiger partial charge < -0.3 is 14.0 Å². The molecule has 180 valence electrons. The molecule has 0 bridgehead atoms. The topological polar surface area (TPSA) is 79.0 Å². The molecule has 5 aromatic rings. The highest BCUT2D eigenvalue weighted by atomic mass is 35.5. The van der Waals surface area contributed by atoms with Crippen molar-refractivity contribution in [2.45, 2.75) is 6.54 Å². The highest BCUT2D eigenvalue weighted by molar-refractivity contribution is 6.30. The lowest BCUT2D eigenvalue weighted by Gasteiger charge is -2.09. The van der Waals surface area contributed by atoms with Crippen LogP contribution in [0, 0.1) is 0 Å². The molecule has 7 nitrogen and oxygen atoms in total. The SMILES string of the molecule is COC(=O)c1c(C(=O)OC)c2n(Cc3ccccc3)c3ccccc3n2c1C(=O)c1ccc(Cl)cc1. The van der Waals surface area contributed by atoms with Gasteiger partial charge in [-0.1, -0.05) is 54.1 Å². The van der Waals surface area contributed by atoms with Crippen LogP contribution in [0.2, 0.25) is 5.02 Å². The van der Waals surface area contributed by atoms with Crippen LogP contribution in [-0.4, -0.2) is 40.9 Å². The van der Waals surface area contributed by atoms with E-state index in [1.807, 2.05) is 59.2 Å². The van der Waals surface area contributed by atoms with Gasteiger partial charge in [0.15, 0.2) is 0 Å². The standard InChI is InChI=1S/C28H21ClN2O5/c1-35-27(33)22-23(28(34)36-2)26-30(16-17-8-4-3-5-9-17)20-10-6-7-11-21(20)31(26)24(22)25(32)18-12-14-19(29)15-13-18/h3-15H,16H2,1-2H3. The number of ether oxygens (including phenoxy) is 2. The maximum atomic E-state index is 13.9. The number of benzene rings is 3. The third kappa shape index (κ3) is 3.74. The fraction of sp³-hybridized carbons (Fsp3) is 0.107. The summed E-state index contributed by atoms with van der Waals surface area (Å²) in [7, 11) is 2.44. The molecule has 0 saturated heterocycles. The average Bonchev–Trinajstić information content (AvgIpc) is 3.42. The first-order valence-corrected chi connectivity index (χ1v) is 11.5. The summed E-state index contributed by atoms with van der Waals surface area (Å²) < 4.78 is 13.7.